The zero-order valence-corrected chi connectivity index (χ0v) is 13.9. The van der Waals surface area contributed by atoms with E-state index in [4.69, 9.17) is 0 Å². The summed E-state index contributed by atoms with van der Waals surface area (Å²) in [5, 5.41) is 0. The molecule has 1 aliphatic rings. The molecule has 0 spiro atoms. The second-order valence-electron chi connectivity index (χ2n) is 6.08. The molecular weight excluding hydrogens is 345 g/mol. The number of hydrogen-bond donors (Lipinski definition) is 0. The van der Waals surface area contributed by atoms with Gasteiger partial charge >= 0.3 is 0 Å². The topological polar surface area (TPSA) is 40.6 Å². The van der Waals surface area contributed by atoms with Crippen molar-refractivity contribution in [3.63, 3.8) is 0 Å². The first-order valence-corrected chi connectivity index (χ1v) is 8.21. The lowest BCUT2D eigenvalue weighted by Gasteiger charge is -2.35. The molecule has 1 fully saturated rings. The van der Waals surface area contributed by atoms with Gasteiger partial charge in [0.15, 0.2) is 11.6 Å². The number of carbonyl (C=O) groups excluding carboxylic acids is 2. The number of benzene rings is 2. The van der Waals surface area contributed by atoms with E-state index in [0.29, 0.717) is 18.7 Å². The maximum atomic E-state index is 13.7. The molecule has 1 saturated heterocycles. The van der Waals surface area contributed by atoms with Crippen LogP contribution in [0.2, 0.25) is 0 Å². The van der Waals surface area contributed by atoms with E-state index in [0.717, 1.165) is 12.1 Å². The second-order valence-corrected chi connectivity index (χ2v) is 6.08. The molecule has 2 amide bonds. The van der Waals surface area contributed by atoms with Gasteiger partial charge in [0.2, 0.25) is 5.91 Å². The van der Waals surface area contributed by atoms with E-state index < -0.39 is 23.4 Å². The SMILES string of the molecule is O=C(Cc1ccc(F)c(F)c1)N1CCN(C(=O)c2ccccc2F)CC1. The van der Waals surface area contributed by atoms with Crippen LogP contribution in [0.25, 0.3) is 0 Å². The summed E-state index contributed by atoms with van der Waals surface area (Å²) in [5.74, 6) is -3.16. The fourth-order valence-electron chi connectivity index (χ4n) is 2.90. The summed E-state index contributed by atoms with van der Waals surface area (Å²) in [6, 6.07) is 9.13. The maximum absolute atomic E-state index is 13.7. The van der Waals surface area contributed by atoms with Crippen LogP contribution in [0.1, 0.15) is 15.9 Å². The zero-order chi connectivity index (χ0) is 18.7. The van der Waals surface area contributed by atoms with Crippen molar-refractivity contribution < 1.29 is 22.8 Å². The lowest BCUT2D eigenvalue weighted by atomic mass is 10.1. The molecule has 7 heteroatoms. The summed E-state index contributed by atoms with van der Waals surface area (Å²) in [6.07, 6.45) is -0.0432. The Balaban J connectivity index is 1.57. The van der Waals surface area contributed by atoms with Crippen LogP contribution in [0.5, 0.6) is 0 Å². The van der Waals surface area contributed by atoms with Gasteiger partial charge in [-0.3, -0.25) is 9.59 Å². The summed E-state index contributed by atoms with van der Waals surface area (Å²) in [7, 11) is 0. The van der Waals surface area contributed by atoms with Crippen LogP contribution in [0.4, 0.5) is 13.2 Å². The van der Waals surface area contributed by atoms with Crippen molar-refractivity contribution in [1.29, 1.82) is 0 Å². The van der Waals surface area contributed by atoms with Crippen LogP contribution in [0.15, 0.2) is 42.5 Å². The highest BCUT2D eigenvalue weighted by atomic mass is 19.2. The van der Waals surface area contributed by atoms with Gasteiger partial charge < -0.3 is 9.80 Å². The molecule has 0 N–H and O–H groups in total. The Morgan fingerprint density at radius 3 is 2.12 bits per heavy atom. The van der Waals surface area contributed by atoms with Crippen molar-refractivity contribution in [2.75, 3.05) is 26.2 Å². The van der Waals surface area contributed by atoms with Crippen LogP contribution >= 0.6 is 0 Å². The van der Waals surface area contributed by atoms with Crippen molar-refractivity contribution in [1.82, 2.24) is 9.80 Å². The molecule has 0 aliphatic carbocycles. The summed E-state index contributed by atoms with van der Waals surface area (Å²) in [4.78, 5) is 27.7. The quantitative estimate of drug-likeness (QED) is 0.842. The number of hydrogen-bond acceptors (Lipinski definition) is 2. The molecule has 4 nitrogen and oxygen atoms in total. The average Bonchev–Trinajstić information content (AvgIpc) is 2.65. The molecule has 2 aromatic carbocycles. The van der Waals surface area contributed by atoms with E-state index in [1.165, 1.54) is 29.2 Å². The zero-order valence-electron chi connectivity index (χ0n) is 13.9. The molecule has 136 valence electrons. The number of halogens is 3. The normalized spacial score (nSPS) is 14.4. The molecule has 0 aromatic heterocycles. The minimum Gasteiger partial charge on any atom is -0.339 e. The van der Waals surface area contributed by atoms with Gasteiger partial charge in [0.1, 0.15) is 5.82 Å². The van der Waals surface area contributed by atoms with Gasteiger partial charge in [-0.2, -0.15) is 0 Å². The van der Waals surface area contributed by atoms with Gasteiger partial charge in [-0.15, -0.1) is 0 Å². The Hall–Kier alpha value is -2.83. The standard InChI is InChI=1S/C19H17F3N2O2/c20-15-4-2-1-3-14(15)19(26)24-9-7-23(8-10-24)18(25)12-13-5-6-16(21)17(22)11-13/h1-6,11H,7-10,12H2. The Kier molecular flexibility index (Phi) is 5.25. The Labute approximate surface area is 148 Å². The smallest absolute Gasteiger partial charge is 0.256 e. The number of rotatable bonds is 3. The molecule has 0 bridgehead atoms. The van der Waals surface area contributed by atoms with Crippen LogP contribution in [0, 0.1) is 17.5 Å². The van der Waals surface area contributed by atoms with E-state index in [9.17, 15) is 22.8 Å². The minimum atomic E-state index is -0.990. The summed E-state index contributed by atoms with van der Waals surface area (Å²) < 4.78 is 39.9. The van der Waals surface area contributed by atoms with Gasteiger partial charge in [-0.25, -0.2) is 13.2 Å². The first-order chi connectivity index (χ1) is 12.5. The van der Waals surface area contributed by atoms with Crippen molar-refractivity contribution in [2.45, 2.75) is 6.42 Å². The van der Waals surface area contributed by atoms with E-state index in [2.05, 4.69) is 0 Å². The average molecular weight is 362 g/mol. The highest BCUT2D eigenvalue weighted by molar-refractivity contribution is 5.94. The fraction of sp³-hybridized carbons (Fsp3) is 0.263. The third-order valence-electron chi connectivity index (χ3n) is 4.36. The Morgan fingerprint density at radius 1 is 0.808 bits per heavy atom. The van der Waals surface area contributed by atoms with Gasteiger partial charge in [-0.05, 0) is 29.8 Å². The van der Waals surface area contributed by atoms with Crippen LogP contribution in [-0.2, 0) is 11.2 Å². The molecule has 1 heterocycles. The first-order valence-electron chi connectivity index (χ1n) is 8.21. The van der Waals surface area contributed by atoms with Gasteiger partial charge in [0.25, 0.3) is 5.91 Å². The fourth-order valence-corrected chi connectivity index (χ4v) is 2.90. The van der Waals surface area contributed by atoms with Gasteiger partial charge in [0.05, 0.1) is 12.0 Å². The molecule has 0 radical (unpaired) electrons. The molecule has 1 aliphatic heterocycles. The molecule has 3 rings (SSSR count). The number of piperazine rings is 1. The van der Waals surface area contributed by atoms with Gasteiger partial charge in [0, 0.05) is 26.2 Å². The molecule has 26 heavy (non-hydrogen) atoms. The van der Waals surface area contributed by atoms with Crippen molar-refractivity contribution >= 4 is 11.8 Å². The number of nitrogens with zero attached hydrogens (tertiary/aromatic N) is 2. The first kappa shape index (κ1) is 18.0. The van der Waals surface area contributed by atoms with Crippen molar-refractivity contribution in [3.05, 3.63) is 71.0 Å². The number of carbonyl (C=O) groups is 2. The largest absolute Gasteiger partial charge is 0.339 e. The van der Waals surface area contributed by atoms with E-state index in [1.54, 1.807) is 11.0 Å². The maximum Gasteiger partial charge on any atom is 0.256 e. The molecular formula is C19H17F3N2O2. The lowest BCUT2D eigenvalue weighted by molar-refractivity contribution is -0.131. The van der Waals surface area contributed by atoms with Crippen molar-refractivity contribution in [3.8, 4) is 0 Å². The highest BCUT2D eigenvalue weighted by Crippen LogP contribution is 2.14. The van der Waals surface area contributed by atoms with Gasteiger partial charge in [-0.1, -0.05) is 18.2 Å². The van der Waals surface area contributed by atoms with Crippen molar-refractivity contribution in [2.24, 2.45) is 0 Å². The molecule has 0 saturated carbocycles. The lowest BCUT2D eigenvalue weighted by Crippen LogP contribution is -2.51. The Bertz CT molecular complexity index is 833. The highest BCUT2D eigenvalue weighted by Gasteiger charge is 2.26. The third-order valence-corrected chi connectivity index (χ3v) is 4.36. The predicted molar refractivity (Wildman–Crippen MR) is 88.9 cm³/mol. The second kappa shape index (κ2) is 7.59. The van der Waals surface area contributed by atoms with Crippen LogP contribution < -0.4 is 0 Å². The number of amides is 2. The minimum absolute atomic E-state index is 0.00839. The predicted octanol–water partition coefficient (Wildman–Crippen LogP) is 2.63. The molecule has 0 unspecified atom stereocenters. The van der Waals surface area contributed by atoms with E-state index >= 15 is 0 Å². The summed E-state index contributed by atoms with van der Waals surface area (Å²) in [6.45, 7) is 1.19. The summed E-state index contributed by atoms with van der Waals surface area (Å²) >= 11 is 0. The third kappa shape index (κ3) is 3.87. The van der Waals surface area contributed by atoms with E-state index in [1.807, 2.05) is 0 Å². The Morgan fingerprint density at radius 2 is 1.46 bits per heavy atom. The van der Waals surface area contributed by atoms with Crippen LogP contribution in [-0.4, -0.2) is 47.8 Å². The molecule has 0 atom stereocenters. The van der Waals surface area contributed by atoms with Crippen LogP contribution in [0.3, 0.4) is 0 Å². The van der Waals surface area contributed by atoms with E-state index in [-0.39, 0.29) is 31.0 Å². The summed E-state index contributed by atoms with van der Waals surface area (Å²) in [5.41, 5.74) is 0.396. The monoisotopic (exact) mass is 362 g/mol. The molecule has 2 aromatic rings.